The molecule has 0 saturated carbocycles. The summed E-state index contributed by atoms with van der Waals surface area (Å²) in [5.74, 6) is 0.363. The Balaban J connectivity index is 1.91. The predicted octanol–water partition coefficient (Wildman–Crippen LogP) is 1.71. The number of benzene rings is 1. The van der Waals surface area contributed by atoms with Crippen molar-refractivity contribution in [2.24, 2.45) is 0 Å². The fourth-order valence-electron chi connectivity index (χ4n) is 2.77. The quantitative estimate of drug-likeness (QED) is 0.937. The van der Waals surface area contributed by atoms with Crippen molar-refractivity contribution in [3.63, 3.8) is 0 Å². The van der Waals surface area contributed by atoms with Gasteiger partial charge in [-0.15, -0.1) is 0 Å². The van der Waals surface area contributed by atoms with Crippen molar-refractivity contribution in [1.29, 1.82) is 0 Å². The van der Waals surface area contributed by atoms with Gasteiger partial charge >= 0.3 is 0 Å². The first-order valence-electron chi connectivity index (χ1n) is 7.15. The normalized spacial score (nSPS) is 18.0. The number of amides is 2. The molecule has 1 aromatic heterocycles. The highest BCUT2D eigenvalue weighted by Crippen LogP contribution is 2.32. The molecular weight excluding hydrogens is 284 g/mol. The highest BCUT2D eigenvalue weighted by Gasteiger charge is 2.32. The molecule has 1 N–H and O–H groups in total. The number of ether oxygens (including phenoxy) is 1. The standard InChI is InChI=1S/C16H18N2O4/c1-9-10-5-4-6-12(21-3)14(10)22-13(9)15(19)17-11-7-8-18(2)16(11)20/h4-6,11H,7-8H2,1-3H3,(H,17,19). The SMILES string of the molecule is COc1cccc2c(C)c(C(=O)NC3CCN(C)C3=O)oc12. The van der Waals surface area contributed by atoms with Crippen LogP contribution in [-0.4, -0.2) is 43.5 Å². The highest BCUT2D eigenvalue weighted by atomic mass is 16.5. The van der Waals surface area contributed by atoms with Crippen LogP contribution in [0.1, 0.15) is 22.5 Å². The minimum absolute atomic E-state index is 0.0697. The molecule has 0 radical (unpaired) electrons. The molecule has 1 atom stereocenters. The molecule has 116 valence electrons. The topological polar surface area (TPSA) is 71.8 Å². The van der Waals surface area contributed by atoms with Gasteiger partial charge in [-0.1, -0.05) is 12.1 Å². The maximum Gasteiger partial charge on any atom is 0.287 e. The van der Waals surface area contributed by atoms with Gasteiger partial charge in [-0.05, 0) is 19.4 Å². The molecule has 6 heteroatoms. The van der Waals surface area contributed by atoms with Crippen LogP contribution in [0.15, 0.2) is 22.6 Å². The second-order valence-electron chi connectivity index (χ2n) is 5.47. The van der Waals surface area contributed by atoms with Crippen LogP contribution < -0.4 is 10.1 Å². The van der Waals surface area contributed by atoms with E-state index in [1.807, 2.05) is 19.1 Å². The van der Waals surface area contributed by atoms with E-state index in [1.165, 1.54) is 0 Å². The Labute approximate surface area is 128 Å². The smallest absolute Gasteiger partial charge is 0.287 e. The zero-order valence-corrected chi connectivity index (χ0v) is 12.8. The summed E-state index contributed by atoms with van der Waals surface area (Å²) in [6, 6.07) is 5.03. The van der Waals surface area contributed by atoms with Crippen LogP contribution in [0.2, 0.25) is 0 Å². The number of nitrogens with one attached hydrogen (secondary N) is 1. The van der Waals surface area contributed by atoms with Gasteiger partial charge in [0.25, 0.3) is 5.91 Å². The summed E-state index contributed by atoms with van der Waals surface area (Å²) >= 11 is 0. The largest absolute Gasteiger partial charge is 0.493 e. The average molecular weight is 302 g/mol. The van der Waals surface area contributed by atoms with Crippen molar-refractivity contribution < 1.29 is 18.7 Å². The second-order valence-corrected chi connectivity index (χ2v) is 5.47. The number of aryl methyl sites for hydroxylation is 1. The number of likely N-dealkylation sites (N-methyl/N-ethyl adjacent to an activating group) is 1. The molecule has 2 heterocycles. The summed E-state index contributed by atoms with van der Waals surface area (Å²) in [6.45, 7) is 2.47. The number of furan rings is 1. The van der Waals surface area contributed by atoms with Crippen LogP contribution >= 0.6 is 0 Å². The van der Waals surface area contributed by atoms with E-state index >= 15 is 0 Å². The van der Waals surface area contributed by atoms with E-state index in [2.05, 4.69) is 5.32 Å². The van der Waals surface area contributed by atoms with Gasteiger partial charge in [0.15, 0.2) is 17.1 Å². The van der Waals surface area contributed by atoms with Gasteiger partial charge in [0.05, 0.1) is 7.11 Å². The number of hydrogen-bond acceptors (Lipinski definition) is 4. The zero-order valence-electron chi connectivity index (χ0n) is 12.8. The Morgan fingerprint density at radius 2 is 2.23 bits per heavy atom. The molecule has 0 spiro atoms. The molecule has 22 heavy (non-hydrogen) atoms. The summed E-state index contributed by atoms with van der Waals surface area (Å²) in [7, 11) is 3.28. The van der Waals surface area contributed by atoms with Crippen molar-refractivity contribution in [1.82, 2.24) is 10.2 Å². The minimum Gasteiger partial charge on any atom is -0.493 e. The fourth-order valence-corrected chi connectivity index (χ4v) is 2.77. The zero-order chi connectivity index (χ0) is 15.9. The number of likely N-dealkylation sites (tertiary alicyclic amines) is 1. The number of fused-ring (bicyclic) bond motifs is 1. The summed E-state index contributed by atoms with van der Waals surface area (Å²) in [5.41, 5.74) is 1.28. The Morgan fingerprint density at radius 3 is 2.86 bits per heavy atom. The molecule has 1 unspecified atom stereocenters. The third kappa shape index (κ3) is 2.20. The van der Waals surface area contributed by atoms with Gasteiger partial charge < -0.3 is 19.4 Å². The van der Waals surface area contributed by atoms with Gasteiger partial charge in [0.1, 0.15) is 6.04 Å². The first-order chi connectivity index (χ1) is 10.5. The predicted molar refractivity (Wildman–Crippen MR) is 81.0 cm³/mol. The average Bonchev–Trinajstić information content (AvgIpc) is 3.02. The molecule has 1 saturated heterocycles. The fraction of sp³-hybridized carbons (Fsp3) is 0.375. The number of carbonyl (C=O) groups excluding carboxylic acids is 2. The molecule has 1 aliphatic heterocycles. The highest BCUT2D eigenvalue weighted by molar-refractivity contribution is 6.02. The van der Waals surface area contributed by atoms with E-state index in [4.69, 9.17) is 9.15 Å². The Bertz CT molecular complexity index is 750. The monoisotopic (exact) mass is 302 g/mol. The Hall–Kier alpha value is -2.50. The Morgan fingerprint density at radius 1 is 1.45 bits per heavy atom. The molecule has 2 amide bonds. The molecular formula is C16H18N2O4. The van der Waals surface area contributed by atoms with Crippen LogP contribution in [0, 0.1) is 6.92 Å². The first-order valence-corrected chi connectivity index (χ1v) is 7.15. The van der Waals surface area contributed by atoms with E-state index in [-0.39, 0.29) is 17.6 Å². The van der Waals surface area contributed by atoms with Crippen molar-refractivity contribution >= 4 is 22.8 Å². The van der Waals surface area contributed by atoms with Crippen LogP contribution in [0.3, 0.4) is 0 Å². The molecule has 1 aliphatic rings. The number of para-hydroxylation sites is 1. The summed E-state index contributed by atoms with van der Waals surface area (Å²) in [6.07, 6.45) is 0.615. The van der Waals surface area contributed by atoms with E-state index < -0.39 is 6.04 Å². The van der Waals surface area contributed by atoms with E-state index in [0.717, 1.165) is 10.9 Å². The second kappa shape index (κ2) is 5.36. The molecule has 2 aromatic rings. The maximum absolute atomic E-state index is 12.4. The van der Waals surface area contributed by atoms with E-state index in [9.17, 15) is 9.59 Å². The minimum atomic E-state index is -0.480. The van der Waals surface area contributed by atoms with Crippen LogP contribution in [0.4, 0.5) is 0 Å². The van der Waals surface area contributed by atoms with Gasteiger partial charge in [-0.25, -0.2) is 0 Å². The van der Waals surface area contributed by atoms with Crippen LogP contribution in [0.25, 0.3) is 11.0 Å². The Kier molecular flexibility index (Phi) is 3.52. The summed E-state index contributed by atoms with van der Waals surface area (Å²) in [4.78, 5) is 25.9. The molecule has 3 rings (SSSR count). The first kappa shape index (κ1) is 14.4. The van der Waals surface area contributed by atoms with Crippen molar-refractivity contribution in [3.05, 3.63) is 29.5 Å². The molecule has 0 aliphatic carbocycles. The lowest BCUT2D eigenvalue weighted by atomic mass is 10.1. The lowest BCUT2D eigenvalue weighted by Gasteiger charge is -2.11. The van der Waals surface area contributed by atoms with Crippen LogP contribution in [-0.2, 0) is 4.79 Å². The number of rotatable bonds is 3. The third-order valence-electron chi connectivity index (χ3n) is 4.09. The number of nitrogens with zero attached hydrogens (tertiary/aromatic N) is 1. The number of hydrogen-bond donors (Lipinski definition) is 1. The lowest BCUT2D eigenvalue weighted by molar-refractivity contribution is -0.128. The molecule has 0 bridgehead atoms. The number of carbonyl (C=O) groups is 2. The number of methoxy groups -OCH3 is 1. The third-order valence-corrected chi connectivity index (χ3v) is 4.09. The molecule has 1 aromatic carbocycles. The van der Waals surface area contributed by atoms with Gasteiger partial charge in [-0.2, -0.15) is 0 Å². The van der Waals surface area contributed by atoms with Crippen molar-refractivity contribution in [2.75, 3.05) is 20.7 Å². The van der Waals surface area contributed by atoms with Crippen molar-refractivity contribution in [2.45, 2.75) is 19.4 Å². The molecule has 6 nitrogen and oxygen atoms in total. The lowest BCUT2D eigenvalue weighted by Crippen LogP contribution is -2.40. The van der Waals surface area contributed by atoms with Crippen molar-refractivity contribution in [3.8, 4) is 5.75 Å². The van der Waals surface area contributed by atoms with Gasteiger partial charge in [-0.3, -0.25) is 9.59 Å². The summed E-state index contributed by atoms with van der Waals surface area (Å²) in [5, 5.41) is 3.58. The van der Waals surface area contributed by atoms with Crippen LogP contribution in [0.5, 0.6) is 5.75 Å². The van der Waals surface area contributed by atoms with E-state index in [1.54, 1.807) is 25.1 Å². The van der Waals surface area contributed by atoms with Gasteiger partial charge in [0, 0.05) is 24.5 Å². The molecule has 1 fully saturated rings. The van der Waals surface area contributed by atoms with E-state index in [0.29, 0.717) is 24.3 Å². The maximum atomic E-state index is 12.4. The van der Waals surface area contributed by atoms with Gasteiger partial charge in [0.2, 0.25) is 5.91 Å². The summed E-state index contributed by atoms with van der Waals surface area (Å²) < 4.78 is 10.9.